The van der Waals surface area contributed by atoms with Gasteiger partial charge in [0.2, 0.25) is 0 Å². The molecule has 0 spiro atoms. The van der Waals surface area contributed by atoms with Crippen LogP contribution in [0, 0.1) is 11.8 Å². The summed E-state index contributed by atoms with van der Waals surface area (Å²) in [5, 5.41) is 0. The van der Waals surface area contributed by atoms with Crippen molar-refractivity contribution in [3.8, 4) is 11.5 Å². The fourth-order valence-electron chi connectivity index (χ4n) is 4.31. The van der Waals surface area contributed by atoms with E-state index >= 15 is 0 Å². The molecule has 1 aromatic carbocycles. The smallest absolute Gasteiger partial charge is 0.161 e. The molecule has 0 N–H and O–H groups in total. The van der Waals surface area contributed by atoms with Crippen LogP contribution in [0.15, 0.2) is 12.1 Å². The lowest BCUT2D eigenvalue weighted by molar-refractivity contribution is 0.0894. The normalized spacial score (nSPS) is 23.0. The van der Waals surface area contributed by atoms with Gasteiger partial charge in [-0.15, -0.1) is 0 Å². The van der Waals surface area contributed by atoms with Crippen molar-refractivity contribution in [3.63, 3.8) is 0 Å². The maximum absolute atomic E-state index is 5.51. The molecular weight excluding hydrogens is 298 g/mol. The van der Waals surface area contributed by atoms with Crippen LogP contribution in [0.5, 0.6) is 11.5 Å². The quantitative estimate of drug-likeness (QED) is 0.766. The number of benzene rings is 1. The van der Waals surface area contributed by atoms with Crippen LogP contribution in [-0.2, 0) is 6.42 Å². The predicted octanol–water partition coefficient (Wildman–Crippen LogP) is 5.09. The molecule has 0 amide bonds. The molecule has 3 nitrogen and oxygen atoms in total. The zero-order valence-electron chi connectivity index (χ0n) is 16.4. The molecule has 3 heteroatoms. The molecule has 2 atom stereocenters. The van der Waals surface area contributed by atoms with Crippen molar-refractivity contribution < 1.29 is 9.47 Å². The number of nitrogens with zero attached hydrogens (tertiary/aromatic N) is 1. The Morgan fingerprint density at radius 1 is 1.08 bits per heavy atom. The summed E-state index contributed by atoms with van der Waals surface area (Å²) in [5.74, 6) is 3.41. The summed E-state index contributed by atoms with van der Waals surface area (Å²) in [6, 6.07) is 4.98. The molecule has 1 aromatic rings. The summed E-state index contributed by atoms with van der Waals surface area (Å²) in [6.07, 6.45) is 5.12. The van der Waals surface area contributed by atoms with E-state index in [1.807, 2.05) is 13.8 Å². The van der Waals surface area contributed by atoms with Crippen LogP contribution in [0.25, 0.3) is 0 Å². The highest BCUT2D eigenvalue weighted by Crippen LogP contribution is 2.43. The van der Waals surface area contributed by atoms with Crippen molar-refractivity contribution >= 4 is 0 Å². The van der Waals surface area contributed by atoms with Crippen molar-refractivity contribution in [2.45, 2.75) is 59.4 Å². The van der Waals surface area contributed by atoms with Crippen LogP contribution >= 0.6 is 0 Å². The Hall–Kier alpha value is -1.22. The van der Waals surface area contributed by atoms with Crippen LogP contribution in [-0.4, -0.2) is 32.2 Å². The average Bonchev–Trinajstić information content (AvgIpc) is 2.61. The van der Waals surface area contributed by atoms with E-state index < -0.39 is 0 Å². The minimum absolute atomic E-state index is 0.576. The molecule has 1 unspecified atom stereocenters. The third kappa shape index (κ3) is 4.05. The fraction of sp³-hybridized carbons (Fsp3) is 0.714. The van der Waals surface area contributed by atoms with Crippen molar-refractivity contribution in [2.24, 2.45) is 11.8 Å². The summed E-state index contributed by atoms with van der Waals surface area (Å²) in [7, 11) is 3.45. The number of rotatable bonds is 4. The summed E-state index contributed by atoms with van der Waals surface area (Å²) < 4.78 is 11.0. The van der Waals surface area contributed by atoms with E-state index in [4.69, 9.17) is 9.47 Å². The van der Waals surface area contributed by atoms with Crippen molar-refractivity contribution in [3.05, 3.63) is 23.3 Å². The third-order valence-electron chi connectivity index (χ3n) is 5.26. The van der Waals surface area contributed by atoms with E-state index in [0.29, 0.717) is 6.04 Å². The second-order valence-corrected chi connectivity index (χ2v) is 7.24. The molecule has 3 rings (SSSR count). The first-order valence-corrected chi connectivity index (χ1v) is 9.61. The lowest BCUT2D eigenvalue weighted by atomic mass is 9.81. The summed E-state index contributed by atoms with van der Waals surface area (Å²) in [6.45, 7) is 11.1. The lowest BCUT2D eigenvalue weighted by Crippen LogP contribution is -2.42. The largest absolute Gasteiger partial charge is 0.493 e. The third-order valence-corrected chi connectivity index (χ3v) is 5.26. The van der Waals surface area contributed by atoms with Gasteiger partial charge < -0.3 is 9.47 Å². The van der Waals surface area contributed by atoms with Crippen LogP contribution in [0.3, 0.4) is 0 Å². The van der Waals surface area contributed by atoms with Crippen LogP contribution in [0.1, 0.15) is 64.1 Å². The van der Waals surface area contributed by atoms with E-state index in [1.165, 1.54) is 43.5 Å². The van der Waals surface area contributed by atoms with Gasteiger partial charge in [-0.2, -0.15) is 0 Å². The number of piperidine rings is 1. The topological polar surface area (TPSA) is 21.7 Å². The zero-order valence-corrected chi connectivity index (χ0v) is 16.4. The molecule has 0 radical (unpaired) electrons. The standard InChI is InChI=1S/C19H29NO2.C2H6/c1-13(2)9-14-5-6-17-16-11-19(22-4)18(21-3)10-15(16)7-8-20(17)12-14;1-2/h10-11,13-14,17H,5-9,12H2,1-4H3;1-2H3/t14-,17?;/m0./s1. The minimum atomic E-state index is 0.576. The molecule has 24 heavy (non-hydrogen) atoms. The van der Waals surface area contributed by atoms with Crippen LogP contribution in [0.2, 0.25) is 0 Å². The van der Waals surface area contributed by atoms with Crippen LogP contribution < -0.4 is 9.47 Å². The lowest BCUT2D eigenvalue weighted by Gasteiger charge is -2.44. The van der Waals surface area contributed by atoms with Gasteiger partial charge in [-0.3, -0.25) is 4.90 Å². The Balaban J connectivity index is 0.00000100. The van der Waals surface area contributed by atoms with E-state index in [-0.39, 0.29) is 0 Å². The van der Waals surface area contributed by atoms with Gasteiger partial charge in [-0.25, -0.2) is 0 Å². The highest BCUT2D eigenvalue weighted by molar-refractivity contribution is 5.49. The van der Waals surface area contributed by atoms with Crippen molar-refractivity contribution in [2.75, 3.05) is 27.3 Å². The molecule has 2 aliphatic rings. The predicted molar refractivity (Wildman–Crippen MR) is 101 cm³/mol. The molecule has 0 saturated carbocycles. The van der Waals surface area contributed by atoms with Gasteiger partial charge >= 0.3 is 0 Å². The second-order valence-electron chi connectivity index (χ2n) is 7.24. The van der Waals surface area contributed by atoms with Gasteiger partial charge in [-0.1, -0.05) is 27.7 Å². The molecule has 0 aromatic heterocycles. The van der Waals surface area contributed by atoms with E-state index in [9.17, 15) is 0 Å². The molecule has 0 aliphatic carbocycles. The maximum atomic E-state index is 5.51. The Kier molecular flexibility index (Phi) is 6.97. The monoisotopic (exact) mass is 333 g/mol. The number of methoxy groups -OCH3 is 2. The minimum Gasteiger partial charge on any atom is -0.493 e. The molecule has 0 bridgehead atoms. The van der Waals surface area contributed by atoms with Gasteiger partial charge in [0.25, 0.3) is 0 Å². The van der Waals surface area contributed by atoms with E-state index in [0.717, 1.165) is 29.8 Å². The van der Waals surface area contributed by atoms with Gasteiger partial charge in [0, 0.05) is 19.1 Å². The maximum Gasteiger partial charge on any atom is 0.161 e. The summed E-state index contributed by atoms with van der Waals surface area (Å²) >= 11 is 0. The fourth-order valence-corrected chi connectivity index (χ4v) is 4.31. The second kappa shape index (κ2) is 8.75. The first kappa shape index (κ1) is 19.1. The molecule has 136 valence electrons. The molecule has 2 heterocycles. The zero-order chi connectivity index (χ0) is 17.7. The van der Waals surface area contributed by atoms with Gasteiger partial charge in [-0.05, 0) is 60.8 Å². The Morgan fingerprint density at radius 3 is 2.38 bits per heavy atom. The number of ether oxygens (including phenoxy) is 2. The molecule has 1 fully saturated rings. The van der Waals surface area contributed by atoms with E-state index in [1.54, 1.807) is 14.2 Å². The number of hydrogen-bond acceptors (Lipinski definition) is 3. The Bertz CT molecular complexity index is 527. The number of fused-ring (bicyclic) bond motifs is 3. The van der Waals surface area contributed by atoms with Gasteiger partial charge in [0.1, 0.15) is 0 Å². The van der Waals surface area contributed by atoms with E-state index in [2.05, 4.69) is 30.9 Å². The SMILES string of the molecule is CC.COc1cc2c(cc1OC)C1CC[C@@H](CC(C)C)CN1CC2. The van der Waals surface area contributed by atoms with Gasteiger partial charge in [0.05, 0.1) is 14.2 Å². The van der Waals surface area contributed by atoms with Crippen LogP contribution in [0.4, 0.5) is 0 Å². The average molecular weight is 334 g/mol. The molecule has 2 aliphatic heterocycles. The first-order chi connectivity index (χ1) is 11.6. The first-order valence-electron chi connectivity index (χ1n) is 9.61. The van der Waals surface area contributed by atoms with Crippen molar-refractivity contribution in [1.29, 1.82) is 0 Å². The van der Waals surface area contributed by atoms with Crippen molar-refractivity contribution in [1.82, 2.24) is 4.90 Å². The summed E-state index contributed by atoms with van der Waals surface area (Å²) in [4.78, 5) is 2.70. The van der Waals surface area contributed by atoms with Gasteiger partial charge in [0.15, 0.2) is 11.5 Å². The highest BCUT2D eigenvalue weighted by atomic mass is 16.5. The Labute approximate surface area is 148 Å². The Morgan fingerprint density at radius 2 is 1.75 bits per heavy atom. The number of hydrogen-bond donors (Lipinski definition) is 0. The molecule has 1 saturated heterocycles. The highest BCUT2D eigenvalue weighted by Gasteiger charge is 2.34. The molecular formula is C21H35NO2. The summed E-state index contributed by atoms with van der Waals surface area (Å²) in [5.41, 5.74) is 2.91.